The number of nitrogens with two attached hydrogens (primary N) is 2. The van der Waals surface area contributed by atoms with Crippen molar-refractivity contribution in [2.75, 3.05) is 12.3 Å². The van der Waals surface area contributed by atoms with E-state index in [0.717, 1.165) is 0 Å². The fourth-order valence-corrected chi connectivity index (χ4v) is 6.75. The molecule has 4 fully saturated rings. The lowest BCUT2D eigenvalue weighted by molar-refractivity contribution is -0.0589. The van der Waals surface area contributed by atoms with Crippen molar-refractivity contribution in [3.63, 3.8) is 0 Å². The van der Waals surface area contributed by atoms with Crippen LogP contribution in [0.5, 0.6) is 0 Å². The lowest BCUT2D eigenvalue weighted by Crippen LogP contribution is -2.41. The normalized spacial score (nSPS) is 32.6. The van der Waals surface area contributed by atoms with Gasteiger partial charge in [0.05, 0.1) is 19.0 Å². The quantitative estimate of drug-likeness (QED) is 0.209. The van der Waals surface area contributed by atoms with E-state index < -0.39 is 32.4 Å². The van der Waals surface area contributed by atoms with Crippen LogP contribution in [0.15, 0.2) is 17.6 Å². The largest absolute Gasteiger partial charge is 0.473 e. The van der Waals surface area contributed by atoms with Crippen molar-refractivity contribution in [1.82, 2.24) is 24.8 Å². The molecular weight excluding hydrogens is 515 g/mol. The predicted molar refractivity (Wildman–Crippen MR) is 139 cm³/mol. The standard InChI is InChI=1S/C13H25N3.C10H12N5O6P/c14-13(15-11-7-3-1-4-8-11)16-12-9-5-2-6-10-12;11-8-5-9(13-2-12-8)15(3-14-5)10-7-6(4(1-16)19-10)20-22(17,18)21-7/h11-12H,1-10H2,(H3,14,15,16);2-4,6-7,10,16H,1H2,(H,17,18)(H2,11,12,13)/t;4-,6-,7-,10-/m.1/s1. The number of hydrogen-bond donors (Lipinski definition) is 5. The molecule has 2 aromatic heterocycles. The van der Waals surface area contributed by atoms with E-state index in [-0.39, 0.29) is 12.4 Å². The van der Waals surface area contributed by atoms with Crippen molar-refractivity contribution in [3.8, 4) is 0 Å². The van der Waals surface area contributed by atoms with Crippen LogP contribution in [-0.4, -0.2) is 72.5 Å². The molecule has 2 saturated carbocycles. The molecule has 0 amide bonds. The molecule has 2 aliphatic heterocycles. The van der Waals surface area contributed by atoms with Gasteiger partial charge in [-0.05, 0) is 25.7 Å². The van der Waals surface area contributed by atoms with Gasteiger partial charge in [0, 0.05) is 6.04 Å². The second kappa shape index (κ2) is 11.8. The van der Waals surface area contributed by atoms with Gasteiger partial charge >= 0.3 is 7.82 Å². The summed E-state index contributed by atoms with van der Waals surface area (Å²) in [4.78, 5) is 26.1. The Morgan fingerprint density at radius 2 is 1.76 bits per heavy atom. The van der Waals surface area contributed by atoms with Crippen LogP contribution in [0.2, 0.25) is 0 Å². The molecule has 38 heavy (non-hydrogen) atoms. The fraction of sp³-hybridized carbons (Fsp3) is 0.739. The van der Waals surface area contributed by atoms with Gasteiger partial charge < -0.3 is 31.5 Å². The van der Waals surface area contributed by atoms with Gasteiger partial charge in [0.2, 0.25) is 0 Å². The zero-order chi connectivity index (χ0) is 26.7. The summed E-state index contributed by atoms with van der Waals surface area (Å²) in [6, 6.07) is 1.07. The van der Waals surface area contributed by atoms with E-state index >= 15 is 0 Å². The summed E-state index contributed by atoms with van der Waals surface area (Å²) in [6.07, 6.45) is 12.4. The molecule has 0 bridgehead atoms. The molecule has 0 radical (unpaired) electrons. The van der Waals surface area contributed by atoms with Crippen LogP contribution in [-0.2, 0) is 18.3 Å². The number of aliphatic hydroxyl groups excluding tert-OH is 1. The molecule has 2 aromatic rings. The number of rotatable bonds is 4. The fourth-order valence-electron chi connectivity index (χ4n) is 5.61. The van der Waals surface area contributed by atoms with Crippen molar-refractivity contribution < 1.29 is 28.3 Å². The Bertz CT molecular complexity index is 1170. The maximum Gasteiger partial charge on any atom is 0.473 e. The smallest absolute Gasteiger partial charge is 0.394 e. The highest BCUT2D eigenvalue weighted by Crippen LogP contribution is 2.58. The summed E-state index contributed by atoms with van der Waals surface area (Å²) in [5, 5.41) is 12.7. The van der Waals surface area contributed by atoms with Gasteiger partial charge in [-0.2, -0.15) is 0 Å². The molecule has 210 valence electrons. The third kappa shape index (κ3) is 6.11. The first-order chi connectivity index (χ1) is 18.3. The van der Waals surface area contributed by atoms with Crippen LogP contribution in [0.4, 0.5) is 5.82 Å². The van der Waals surface area contributed by atoms with Crippen molar-refractivity contribution >= 4 is 30.8 Å². The number of aliphatic hydroxyl groups is 1. The lowest BCUT2D eigenvalue weighted by atomic mass is 9.95. The summed E-state index contributed by atoms with van der Waals surface area (Å²) in [5.74, 6) is 0.896. The predicted octanol–water partition coefficient (Wildman–Crippen LogP) is 1.74. The number of ether oxygens (including phenoxy) is 1. The highest BCUT2D eigenvalue weighted by atomic mass is 31.2. The average Bonchev–Trinajstić information content (AvgIpc) is 3.56. The number of phosphoric ester groups is 1. The van der Waals surface area contributed by atoms with Gasteiger partial charge in [0.25, 0.3) is 0 Å². The molecule has 4 heterocycles. The molecule has 2 aliphatic carbocycles. The number of nitrogens with one attached hydrogen (secondary N) is 1. The summed E-state index contributed by atoms with van der Waals surface area (Å²) in [6.45, 7) is -0.384. The second-order valence-corrected chi connectivity index (χ2v) is 11.6. The van der Waals surface area contributed by atoms with Gasteiger partial charge in [-0.3, -0.25) is 18.6 Å². The number of aliphatic imine (C=N–C) groups is 1. The SMILES string of the molecule is NC(=NC1CCCCC1)NC1CCCCC1.Nc1ncnc2c1ncn2[C@@H]1O[C@H](CO)[C@H]2OP(=O)(O)O[C@H]21. The van der Waals surface area contributed by atoms with Gasteiger partial charge in [-0.1, -0.05) is 38.5 Å². The third-order valence-corrected chi connectivity index (χ3v) is 8.51. The minimum atomic E-state index is -4.16. The van der Waals surface area contributed by atoms with Gasteiger partial charge in [0.15, 0.2) is 23.7 Å². The second-order valence-electron chi connectivity index (χ2n) is 10.2. The monoisotopic (exact) mass is 552 g/mol. The molecule has 2 saturated heterocycles. The first-order valence-electron chi connectivity index (χ1n) is 13.3. The Kier molecular flexibility index (Phi) is 8.46. The Balaban J connectivity index is 0.000000163. The lowest BCUT2D eigenvalue weighted by Gasteiger charge is -2.24. The molecule has 15 heteroatoms. The summed E-state index contributed by atoms with van der Waals surface area (Å²) < 4.78 is 28.8. The number of nitrogen functional groups attached to an aromatic ring is 1. The average molecular weight is 553 g/mol. The van der Waals surface area contributed by atoms with Crippen molar-refractivity contribution in [2.24, 2.45) is 10.7 Å². The molecule has 7 N–H and O–H groups in total. The van der Waals surface area contributed by atoms with Crippen molar-refractivity contribution in [1.29, 1.82) is 0 Å². The van der Waals surface area contributed by atoms with Crippen LogP contribution in [0.3, 0.4) is 0 Å². The molecular formula is C23H37N8O6P. The van der Waals surface area contributed by atoms with Crippen LogP contribution in [0.1, 0.15) is 70.4 Å². The summed E-state index contributed by atoms with van der Waals surface area (Å²) in [5.41, 5.74) is 12.5. The Labute approximate surface area is 220 Å². The maximum absolute atomic E-state index is 11.6. The topological polar surface area (TPSA) is 205 Å². The van der Waals surface area contributed by atoms with Crippen molar-refractivity contribution in [2.45, 2.75) is 101 Å². The number of guanidine groups is 1. The summed E-state index contributed by atoms with van der Waals surface area (Å²) in [7, 11) is -4.16. The van der Waals surface area contributed by atoms with E-state index in [1.807, 2.05) is 0 Å². The van der Waals surface area contributed by atoms with Gasteiger partial charge in [-0.15, -0.1) is 0 Å². The number of hydrogen-bond acceptors (Lipinski definition) is 10. The van der Waals surface area contributed by atoms with Crippen LogP contribution in [0, 0.1) is 0 Å². The van der Waals surface area contributed by atoms with Crippen LogP contribution in [0.25, 0.3) is 11.2 Å². The zero-order valence-electron chi connectivity index (χ0n) is 21.3. The van der Waals surface area contributed by atoms with E-state index in [0.29, 0.717) is 29.2 Å². The van der Waals surface area contributed by atoms with Crippen LogP contribution >= 0.6 is 7.82 Å². The Hall–Kier alpha value is -2.35. The highest BCUT2D eigenvalue weighted by Gasteiger charge is 2.57. The number of phosphoric acid groups is 1. The minimum absolute atomic E-state index is 0.202. The Morgan fingerprint density at radius 1 is 1.08 bits per heavy atom. The van der Waals surface area contributed by atoms with E-state index in [1.54, 1.807) is 0 Å². The molecule has 5 atom stereocenters. The molecule has 0 aromatic carbocycles. The van der Waals surface area contributed by atoms with Gasteiger partial charge in [-0.25, -0.2) is 19.5 Å². The van der Waals surface area contributed by atoms with E-state index in [9.17, 15) is 14.6 Å². The zero-order valence-corrected chi connectivity index (χ0v) is 22.2. The Morgan fingerprint density at radius 3 is 2.47 bits per heavy atom. The minimum Gasteiger partial charge on any atom is -0.394 e. The number of nitrogens with zero attached hydrogens (tertiary/aromatic N) is 5. The van der Waals surface area contributed by atoms with E-state index in [4.69, 9.17) is 25.3 Å². The van der Waals surface area contributed by atoms with E-state index in [1.165, 1.54) is 81.4 Å². The summed E-state index contributed by atoms with van der Waals surface area (Å²) >= 11 is 0. The van der Waals surface area contributed by atoms with Crippen LogP contribution < -0.4 is 16.8 Å². The highest BCUT2D eigenvalue weighted by molar-refractivity contribution is 7.47. The molecule has 6 rings (SSSR count). The molecule has 0 spiro atoms. The van der Waals surface area contributed by atoms with E-state index in [2.05, 4.69) is 25.3 Å². The number of imidazole rings is 1. The molecule has 4 aliphatic rings. The van der Waals surface area contributed by atoms with Gasteiger partial charge in [0.1, 0.15) is 30.2 Å². The number of fused-ring (bicyclic) bond motifs is 2. The maximum atomic E-state index is 11.6. The first kappa shape index (κ1) is 27.2. The third-order valence-electron chi connectivity index (χ3n) is 7.49. The molecule has 14 nitrogen and oxygen atoms in total. The number of anilines is 1. The first-order valence-corrected chi connectivity index (χ1v) is 14.8. The molecule has 1 unspecified atom stereocenters. The number of aromatic nitrogens is 4. The van der Waals surface area contributed by atoms with Crippen molar-refractivity contribution in [3.05, 3.63) is 12.7 Å².